The Morgan fingerprint density at radius 1 is 1.26 bits per heavy atom. The van der Waals surface area contributed by atoms with Crippen molar-refractivity contribution in [3.8, 4) is 0 Å². The molecule has 1 fully saturated rings. The number of piperidine rings is 1. The summed E-state index contributed by atoms with van der Waals surface area (Å²) in [4.78, 5) is 2.48. The lowest BCUT2D eigenvalue weighted by atomic mass is 10.0. The summed E-state index contributed by atoms with van der Waals surface area (Å²) in [6, 6.07) is 11.4. The van der Waals surface area contributed by atoms with Gasteiger partial charge in [0.15, 0.2) is 0 Å². The topological polar surface area (TPSA) is 24.5 Å². The first-order valence-corrected chi connectivity index (χ1v) is 7.32. The fourth-order valence-electron chi connectivity index (χ4n) is 2.69. The fourth-order valence-corrected chi connectivity index (χ4v) is 2.69. The Morgan fingerprint density at radius 3 is 2.58 bits per heavy atom. The zero-order valence-electron chi connectivity index (χ0n) is 12.1. The Hall–Kier alpha value is -1.06. The third-order valence-corrected chi connectivity index (χ3v) is 3.82. The molecule has 0 bridgehead atoms. The van der Waals surface area contributed by atoms with Gasteiger partial charge in [0.05, 0.1) is 0 Å². The monoisotopic (exact) mass is 262 g/mol. The van der Waals surface area contributed by atoms with Crippen LogP contribution < -0.4 is 10.2 Å². The molecule has 19 heavy (non-hydrogen) atoms. The maximum atomic E-state index is 5.17. The SMILES string of the molecule is COCC(C)CNC1CCN(c2ccccc2)CC1. The van der Waals surface area contributed by atoms with E-state index in [0.29, 0.717) is 12.0 Å². The number of benzene rings is 1. The van der Waals surface area contributed by atoms with Crippen molar-refractivity contribution in [2.24, 2.45) is 5.92 Å². The molecule has 0 amide bonds. The number of methoxy groups -OCH3 is 1. The molecule has 1 aliphatic rings. The van der Waals surface area contributed by atoms with Crippen molar-refractivity contribution in [3.63, 3.8) is 0 Å². The second kappa shape index (κ2) is 7.51. The Balaban J connectivity index is 1.71. The lowest BCUT2D eigenvalue weighted by molar-refractivity contribution is 0.156. The summed E-state index contributed by atoms with van der Waals surface area (Å²) in [5, 5.41) is 3.67. The molecule has 1 saturated heterocycles. The number of hydrogen-bond acceptors (Lipinski definition) is 3. The maximum absolute atomic E-state index is 5.17. The molecule has 0 spiro atoms. The fraction of sp³-hybridized carbons (Fsp3) is 0.625. The number of anilines is 1. The summed E-state index contributed by atoms with van der Waals surface area (Å²) in [7, 11) is 1.77. The van der Waals surface area contributed by atoms with E-state index in [4.69, 9.17) is 4.74 Å². The van der Waals surface area contributed by atoms with Gasteiger partial charge in [0.2, 0.25) is 0 Å². The average Bonchev–Trinajstić information content (AvgIpc) is 2.47. The van der Waals surface area contributed by atoms with Crippen LogP contribution in [0.1, 0.15) is 19.8 Å². The Morgan fingerprint density at radius 2 is 1.95 bits per heavy atom. The molecule has 1 aromatic carbocycles. The number of rotatable bonds is 6. The third-order valence-electron chi connectivity index (χ3n) is 3.82. The highest BCUT2D eigenvalue weighted by molar-refractivity contribution is 5.46. The highest BCUT2D eigenvalue weighted by Crippen LogP contribution is 2.19. The summed E-state index contributed by atoms with van der Waals surface area (Å²) in [6.45, 7) is 6.44. The molecular formula is C16H26N2O. The molecule has 0 radical (unpaired) electrons. The van der Waals surface area contributed by atoms with E-state index in [1.165, 1.54) is 18.5 Å². The predicted molar refractivity (Wildman–Crippen MR) is 80.7 cm³/mol. The van der Waals surface area contributed by atoms with Gasteiger partial charge in [-0.25, -0.2) is 0 Å². The number of nitrogens with one attached hydrogen (secondary N) is 1. The van der Waals surface area contributed by atoms with Crippen molar-refractivity contribution in [1.29, 1.82) is 0 Å². The van der Waals surface area contributed by atoms with E-state index in [2.05, 4.69) is 47.5 Å². The lowest BCUT2D eigenvalue weighted by Gasteiger charge is -2.34. The van der Waals surface area contributed by atoms with Crippen molar-refractivity contribution in [3.05, 3.63) is 30.3 Å². The molecule has 1 atom stereocenters. The van der Waals surface area contributed by atoms with Gasteiger partial charge < -0.3 is 15.0 Å². The van der Waals surface area contributed by atoms with Crippen LogP contribution in [0.3, 0.4) is 0 Å². The largest absolute Gasteiger partial charge is 0.384 e. The number of para-hydroxylation sites is 1. The average molecular weight is 262 g/mol. The standard InChI is InChI=1S/C16H26N2O/c1-14(13-19-2)12-17-15-8-10-18(11-9-15)16-6-4-3-5-7-16/h3-7,14-15,17H,8-13H2,1-2H3. The first-order valence-electron chi connectivity index (χ1n) is 7.32. The van der Waals surface area contributed by atoms with Crippen LogP contribution in [-0.4, -0.2) is 39.4 Å². The molecule has 3 heteroatoms. The van der Waals surface area contributed by atoms with Gasteiger partial charge in [-0.05, 0) is 30.9 Å². The molecule has 1 aromatic rings. The van der Waals surface area contributed by atoms with E-state index >= 15 is 0 Å². The molecule has 1 heterocycles. The van der Waals surface area contributed by atoms with Crippen molar-refractivity contribution in [2.45, 2.75) is 25.8 Å². The second-order valence-corrected chi connectivity index (χ2v) is 5.57. The van der Waals surface area contributed by atoms with Crippen LogP contribution in [0.5, 0.6) is 0 Å². The van der Waals surface area contributed by atoms with Gasteiger partial charge in [0, 0.05) is 45.1 Å². The minimum absolute atomic E-state index is 0.595. The predicted octanol–water partition coefficient (Wildman–Crippen LogP) is 2.53. The van der Waals surface area contributed by atoms with E-state index < -0.39 is 0 Å². The summed E-state index contributed by atoms with van der Waals surface area (Å²) < 4.78 is 5.17. The van der Waals surface area contributed by atoms with Crippen molar-refractivity contribution in [1.82, 2.24) is 5.32 Å². The van der Waals surface area contributed by atoms with Crippen LogP contribution in [0.25, 0.3) is 0 Å². The van der Waals surface area contributed by atoms with Gasteiger partial charge in [-0.2, -0.15) is 0 Å². The minimum atomic E-state index is 0.595. The number of hydrogen-bond donors (Lipinski definition) is 1. The molecule has 1 N–H and O–H groups in total. The van der Waals surface area contributed by atoms with Crippen molar-refractivity contribution in [2.75, 3.05) is 38.3 Å². The highest BCUT2D eigenvalue weighted by Gasteiger charge is 2.19. The maximum Gasteiger partial charge on any atom is 0.0499 e. The normalized spacial score (nSPS) is 18.5. The first kappa shape index (κ1) is 14.4. The van der Waals surface area contributed by atoms with E-state index in [1.54, 1.807) is 7.11 Å². The van der Waals surface area contributed by atoms with Crippen molar-refractivity contribution < 1.29 is 4.74 Å². The third kappa shape index (κ3) is 4.51. The number of ether oxygens (including phenoxy) is 1. The van der Waals surface area contributed by atoms with E-state index in [1.807, 2.05) is 0 Å². The zero-order chi connectivity index (χ0) is 13.5. The summed E-state index contributed by atoms with van der Waals surface area (Å²) in [6.07, 6.45) is 2.46. The van der Waals surface area contributed by atoms with Crippen LogP contribution >= 0.6 is 0 Å². The molecule has 2 rings (SSSR count). The van der Waals surface area contributed by atoms with E-state index in [0.717, 1.165) is 26.2 Å². The molecule has 1 unspecified atom stereocenters. The first-order chi connectivity index (χ1) is 9.29. The molecular weight excluding hydrogens is 236 g/mol. The Bertz CT molecular complexity index is 347. The Kier molecular flexibility index (Phi) is 5.67. The summed E-state index contributed by atoms with van der Waals surface area (Å²) in [5.41, 5.74) is 1.36. The van der Waals surface area contributed by atoms with Gasteiger partial charge in [-0.3, -0.25) is 0 Å². The molecule has 106 valence electrons. The summed E-state index contributed by atoms with van der Waals surface area (Å²) in [5.74, 6) is 0.595. The molecule has 3 nitrogen and oxygen atoms in total. The Labute approximate surface area is 116 Å². The van der Waals surface area contributed by atoms with Crippen LogP contribution in [0.15, 0.2) is 30.3 Å². The molecule has 0 aromatic heterocycles. The quantitative estimate of drug-likeness (QED) is 0.852. The minimum Gasteiger partial charge on any atom is -0.384 e. The van der Waals surface area contributed by atoms with Gasteiger partial charge in [-0.15, -0.1) is 0 Å². The van der Waals surface area contributed by atoms with Gasteiger partial charge in [-0.1, -0.05) is 25.1 Å². The second-order valence-electron chi connectivity index (χ2n) is 5.57. The van der Waals surface area contributed by atoms with Crippen LogP contribution in [0.4, 0.5) is 5.69 Å². The number of nitrogens with zero attached hydrogens (tertiary/aromatic N) is 1. The van der Waals surface area contributed by atoms with Crippen LogP contribution in [0, 0.1) is 5.92 Å². The van der Waals surface area contributed by atoms with Crippen molar-refractivity contribution >= 4 is 5.69 Å². The summed E-state index contributed by atoms with van der Waals surface area (Å²) >= 11 is 0. The smallest absolute Gasteiger partial charge is 0.0499 e. The van der Waals surface area contributed by atoms with Crippen LogP contribution in [0.2, 0.25) is 0 Å². The zero-order valence-corrected chi connectivity index (χ0v) is 12.1. The van der Waals surface area contributed by atoms with Gasteiger partial charge >= 0.3 is 0 Å². The molecule has 1 aliphatic heterocycles. The molecule has 0 aliphatic carbocycles. The molecule has 0 saturated carbocycles. The van der Waals surface area contributed by atoms with E-state index in [9.17, 15) is 0 Å². The van der Waals surface area contributed by atoms with Gasteiger partial charge in [0.1, 0.15) is 0 Å². The van der Waals surface area contributed by atoms with E-state index in [-0.39, 0.29) is 0 Å². The highest BCUT2D eigenvalue weighted by atomic mass is 16.5. The van der Waals surface area contributed by atoms with Gasteiger partial charge in [0.25, 0.3) is 0 Å². The lowest BCUT2D eigenvalue weighted by Crippen LogP contribution is -2.44. The van der Waals surface area contributed by atoms with Crippen LogP contribution in [-0.2, 0) is 4.74 Å².